The highest BCUT2D eigenvalue weighted by Gasteiger charge is 2.36. The first-order chi connectivity index (χ1) is 15.0. The maximum Gasteiger partial charge on any atom is 0.308 e. The van der Waals surface area contributed by atoms with Gasteiger partial charge in [0.2, 0.25) is 0 Å². The third-order valence-electron chi connectivity index (χ3n) is 7.68. The Bertz CT molecular complexity index is 551. The van der Waals surface area contributed by atoms with Crippen molar-refractivity contribution in [3.05, 3.63) is 0 Å². The summed E-state index contributed by atoms with van der Waals surface area (Å²) < 4.78 is 11.4. The van der Waals surface area contributed by atoms with Crippen molar-refractivity contribution < 1.29 is 29.3 Å². The van der Waals surface area contributed by atoms with Gasteiger partial charge < -0.3 is 19.7 Å². The van der Waals surface area contributed by atoms with Crippen molar-refractivity contribution in [2.24, 2.45) is 35.5 Å². The highest BCUT2D eigenvalue weighted by molar-refractivity contribution is 5.72. The summed E-state index contributed by atoms with van der Waals surface area (Å²) in [6.07, 6.45) is 2.36. The second-order valence-electron chi connectivity index (χ2n) is 11.3. The molecule has 2 rings (SSSR count). The number of carbonyl (C=O) groups is 2. The molecule has 0 spiro atoms. The van der Waals surface area contributed by atoms with Crippen LogP contribution in [0.15, 0.2) is 0 Å². The summed E-state index contributed by atoms with van der Waals surface area (Å²) in [4.78, 5) is 24.9. The summed E-state index contributed by atoms with van der Waals surface area (Å²) in [5.74, 6) is 1.45. The van der Waals surface area contributed by atoms with E-state index in [1.165, 1.54) is 0 Å². The van der Waals surface area contributed by atoms with E-state index in [1.54, 1.807) is 0 Å². The number of esters is 2. The quantitative estimate of drug-likeness (QED) is 0.499. The van der Waals surface area contributed by atoms with E-state index in [0.29, 0.717) is 35.5 Å². The van der Waals surface area contributed by atoms with Crippen LogP contribution in [0.3, 0.4) is 0 Å². The van der Waals surface area contributed by atoms with Gasteiger partial charge in [-0.3, -0.25) is 9.59 Å². The van der Waals surface area contributed by atoms with E-state index in [0.717, 1.165) is 38.5 Å². The molecule has 0 radical (unpaired) electrons. The SMILES string of the molecule is CC(C)[C@@H]1CC[C@@H](C)C[C@H]1OC(=O)C[C@H](O)[C@@H](O)CC(=O)O[C@@H]1C[C@H](C)CC[C@H]1C(C)C. The van der Waals surface area contributed by atoms with Gasteiger partial charge in [-0.2, -0.15) is 0 Å². The van der Waals surface area contributed by atoms with Crippen LogP contribution in [0.25, 0.3) is 0 Å². The molecule has 186 valence electrons. The first-order valence-electron chi connectivity index (χ1n) is 12.7. The molecule has 0 aromatic heterocycles. The minimum Gasteiger partial charge on any atom is -0.462 e. The second-order valence-corrected chi connectivity index (χ2v) is 11.3. The average Bonchev–Trinajstić information content (AvgIpc) is 2.67. The van der Waals surface area contributed by atoms with Crippen LogP contribution in [0.2, 0.25) is 0 Å². The fraction of sp³-hybridized carbons (Fsp3) is 0.923. The lowest BCUT2D eigenvalue weighted by Gasteiger charge is -2.37. The Balaban J connectivity index is 1.82. The number of rotatable bonds is 9. The van der Waals surface area contributed by atoms with Gasteiger partial charge in [0.25, 0.3) is 0 Å². The van der Waals surface area contributed by atoms with Gasteiger partial charge in [0.1, 0.15) is 12.2 Å². The number of carbonyl (C=O) groups excluding carboxylic acids is 2. The first kappa shape index (κ1) is 27.1. The Morgan fingerprint density at radius 2 is 1.06 bits per heavy atom. The zero-order chi connectivity index (χ0) is 24.0. The third-order valence-corrected chi connectivity index (χ3v) is 7.68. The molecule has 6 nitrogen and oxygen atoms in total. The zero-order valence-electron chi connectivity index (χ0n) is 21.0. The predicted octanol–water partition coefficient (Wildman–Crippen LogP) is 4.50. The van der Waals surface area contributed by atoms with Crippen molar-refractivity contribution in [1.82, 2.24) is 0 Å². The lowest BCUT2D eigenvalue weighted by molar-refractivity contribution is -0.165. The summed E-state index contributed by atoms with van der Waals surface area (Å²) in [7, 11) is 0. The van der Waals surface area contributed by atoms with E-state index >= 15 is 0 Å². The normalized spacial score (nSPS) is 33.1. The molecule has 0 amide bonds. The summed E-state index contributed by atoms with van der Waals surface area (Å²) in [5.41, 5.74) is 0. The average molecular weight is 455 g/mol. The van der Waals surface area contributed by atoms with Gasteiger partial charge in [0.15, 0.2) is 0 Å². The van der Waals surface area contributed by atoms with E-state index in [-0.39, 0.29) is 25.0 Å². The molecule has 6 heteroatoms. The molecule has 0 aliphatic heterocycles. The fourth-order valence-corrected chi connectivity index (χ4v) is 5.55. The topological polar surface area (TPSA) is 93.1 Å². The van der Waals surface area contributed by atoms with Gasteiger partial charge >= 0.3 is 11.9 Å². The van der Waals surface area contributed by atoms with Gasteiger partial charge in [0.05, 0.1) is 25.0 Å². The summed E-state index contributed by atoms with van der Waals surface area (Å²) in [5, 5.41) is 20.6. The molecule has 2 fully saturated rings. The van der Waals surface area contributed by atoms with E-state index in [1.807, 2.05) is 0 Å². The van der Waals surface area contributed by atoms with Crippen LogP contribution in [-0.4, -0.2) is 46.6 Å². The lowest BCUT2D eigenvalue weighted by Crippen LogP contribution is -2.39. The van der Waals surface area contributed by atoms with E-state index in [4.69, 9.17) is 9.47 Å². The molecule has 0 aromatic rings. The van der Waals surface area contributed by atoms with Crippen molar-refractivity contribution in [3.63, 3.8) is 0 Å². The van der Waals surface area contributed by atoms with Crippen molar-refractivity contribution >= 4 is 11.9 Å². The van der Waals surface area contributed by atoms with Crippen LogP contribution in [0.1, 0.15) is 92.9 Å². The Hall–Kier alpha value is -1.14. The van der Waals surface area contributed by atoms with Crippen LogP contribution in [0.5, 0.6) is 0 Å². The number of aliphatic hydroxyl groups is 2. The summed E-state index contributed by atoms with van der Waals surface area (Å²) in [6, 6.07) is 0. The number of hydrogen-bond donors (Lipinski definition) is 2. The van der Waals surface area contributed by atoms with Crippen molar-refractivity contribution in [2.45, 2.75) is 117 Å². The molecule has 0 saturated heterocycles. The number of aliphatic hydroxyl groups excluding tert-OH is 2. The standard InChI is InChI=1S/C26H46O6/c1-15(2)19-9-7-17(5)11-23(19)31-25(29)13-21(27)22(28)14-26(30)32-24-12-18(6)8-10-20(24)16(3)4/h15-24,27-28H,7-14H2,1-6H3/t17-,18-,19+,20+,21+,22+,23-,24-/m1/s1. The number of ether oxygens (including phenoxy) is 2. The molecule has 8 atom stereocenters. The van der Waals surface area contributed by atoms with Crippen LogP contribution < -0.4 is 0 Å². The maximum atomic E-state index is 12.4. The zero-order valence-corrected chi connectivity index (χ0v) is 21.0. The van der Waals surface area contributed by atoms with Crippen LogP contribution in [0.4, 0.5) is 0 Å². The molecule has 0 aromatic carbocycles. The molecule has 0 unspecified atom stereocenters. The van der Waals surface area contributed by atoms with E-state index in [2.05, 4.69) is 41.5 Å². The molecule has 2 aliphatic carbocycles. The minimum atomic E-state index is -1.35. The van der Waals surface area contributed by atoms with Crippen LogP contribution in [0, 0.1) is 35.5 Å². The largest absolute Gasteiger partial charge is 0.462 e. The van der Waals surface area contributed by atoms with Crippen molar-refractivity contribution in [1.29, 1.82) is 0 Å². The molecule has 0 heterocycles. The first-order valence-corrected chi connectivity index (χ1v) is 12.7. The second kappa shape index (κ2) is 12.4. The highest BCUT2D eigenvalue weighted by Crippen LogP contribution is 2.36. The van der Waals surface area contributed by atoms with E-state index in [9.17, 15) is 19.8 Å². The fourth-order valence-electron chi connectivity index (χ4n) is 5.55. The van der Waals surface area contributed by atoms with E-state index < -0.39 is 24.1 Å². The predicted molar refractivity (Wildman–Crippen MR) is 124 cm³/mol. The molecule has 2 saturated carbocycles. The van der Waals surface area contributed by atoms with Crippen LogP contribution >= 0.6 is 0 Å². The van der Waals surface area contributed by atoms with Crippen molar-refractivity contribution in [3.8, 4) is 0 Å². The molecule has 2 aliphatic rings. The minimum absolute atomic E-state index is 0.151. The van der Waals surface area contributed by atoms with Crippen molar-refractivity contribution in [2.75, 3.05) is 0 Å². The Labute approximate surface area is 194 Å². The van der Waals surface area contributed by atoms with Gasteiger partial charge in [-0.05, 0) is 61.2 Å². The maximum absolute atomic E-state index is 12.4. The van der Waals surface area contributed by atoms with Gasteiger partial charge in [-0.1, -0.05) is 54.4 Å². The summed E-state index contributed by atoms with van der Waals surface area (Å²) >= 11 is 0. The Morgan fingerprint density at radius 1 is 0.719 bits per heavy atom. The molecular formula is C26H46O6. The summed E-state index contributed by atoms with van der Waals surface area (Å²) in [6.45, 7) is 12.9. The third kappa shape index (κ3) is 8.02. The van der Waals surface area contributed by atoms with Gasteiger partial charge in [-0.25, -0.2) is 0 Å². The highest BCUT2D eigenvalue weighted by atomic mass is 16.5. The monoisotopic (exact) mass is 454 g/mol. The van der Waals surface area contributed by atoms with Gasteiger partial charge in [-0.15, -0.1) is 0 Å². The smallest absolute Gasteiger partial charge is 0.308 e. The number of hydrogen-bond acceptors (Lipinski definition) is 6. The van der Waals surface area contributed by atoms with Gasteiger partial charge in [0, 0.05) is 0 Å². The lowest BCUT2D eigenvalue weighted by atomic mass is 9.75. The molecule has 0 bridgehead atoms. The Kier molecular flexibility index (Phi) is 10.5. The molecule has 32 heavy (non-hydrogen) atoms. The molecular weight excluding hydrogens is 408 g/mol. The van der Waals surface area contributed by atoms with Crippen LogP contribution in [-0.2, 0) is 19.1 Å². The Morgan fingerprint density at radius 3 is 1.38 bits per heavy atom. The molecule has 2 N–H and O–H groups in total.